The quantitative estimate of drug-likeness (QED) is 0.725. The molecule has 0 aromatic heterocycles. The third-order valence-corrected chi connectivity index (χ3v) is 2.42. The lowest BCUT2D eigenvalue weighted by molar-refractivity contribution is 0.0177. The molecule has 0 unspecified atom stereocenters. The number of piperidine rings is 1. The standard InChI is InChI=1S/C9H18F2N2/c1-9(10,11)7-12-8-3-5-13(2)6-4-8/h8,12H,3-7H2,1-2H3. The van der Waals surface area contributed by atoms with Gasteiger partial charge in [-0.1, -0.05) is 0 Å². The molecule has 0 atom stereocenters. The summed E-state index contributed by atoms with van der Waals surface area (Å²) in [6.07, 6.45) is 1.96. The molecule has 0 amide bonds. The lowest BCUT2D eigenvalue weighted by atomic mass is 10.1. The number of halogens is 2. The molecule has 0 aliphatic carbocycles. The first-order valence-corrected chi connectivity index (χ1v) is 4.77. The van der Waals surface area contributed by atoms with Crippen LogP contribution in [0.25, 0.3) is 0 Å². The molecular formula is C9H18F2N2. The van der Waals surface area contributed by atoms with Gasteiger partial charge in [0.1, 0.15) is 0 Å². The Hall–Kier alpha value is -0.220. The zero-order valence-electron chi connectivity index (χ0n) is 8.32. The van der Waals surface area contributed by atoms with Crippen LogP contribution in [0.1, 0.15) is 19.8 Å². The largest absolute Gasteiger partial charge is 0.308 e. The Morgan fingerprint density at radius 2 is 1.92 bits per heavy atom. The van der Waals surface area contributed by atoms with Crippen LogP contribution in [-0.2, 0) is 0 Å². The van der Waals surface area contributed by atoms with Crippen LogP contribution in [0, 0.1) is 0 Å². The van der Waals surface area contributed by atoms with Gasteiger partial charge in [-0.25, -0.2) is 8.78 Å². The molecule has 1 aliphatic heterocycles. The fraction of sp³-hybridized carbons (Fsp3) is 1.00. The van der Waals surface area contributed by atoms with E-state index in [-0.39, 0.29) is 12.6 Å². The second-order valence-electron chi connectivity index (χ2n) is 4.03. The fourth-order valence-electron chi connectivity index (χ4n) is 1.54. The van der Waals surface area contributed by atoms with E-state index >= 15 is 0 Å². The lowest BCUT2D eigenvalue weighted by Crippen LogP contribution is -2.44. The van der Waals surface area contributed by atoms with Crippen LogP contribution >= 0.6 is 0 Å². The van der Waals surface area contributed by atoms with E-state index in [1.165, 1.54) is 0 Å². The summed E-state index contributed by atoms with van der Waals surface area (Å²) in [7, 11) is 2.06. The van der Waals surface area contributed by atoms with Crippen molar-refractivity contribution in [1.29, 1.82) is 0 Å². The van der Waals surface area contributed by atoms with Crippen molar-refractivity contribution in [2.45, 2.75) is 31.7 Å². The van der Waals surface area contributed by atoms with E-state index in [4.69, 9.17) is 0 Å². The molecule has 1 fully saturated rings. The van der Waals surface area contributed by atoms with Gasteiger partial charge < -0.3 is 10.2 Å². The molecule has 0 bridgehead atoms. The first-order chi connectivity index (χ1) is 5.97. The maximum Gasteiger partial charge on any atom is 0.257 e. The van der Waals surface area contributed by atoms with Crippen LogP contribution in [0.4, 0.5) is 8.78 Å². The highest BCUT2D eigenvalue weighted by Gasteiger charge is 2.23. The van der Waals surface area contributed by atoms with E-state index in [0.717, 1.165) is 32.9 Å². The normalized spacial score (nSPS) is 22.2. The third-order valence-electron chi connectivity index (χ3n) is 2.42. The molecule has 0 aromatic rings. The summed E-state index contributed by atoms with van der Waals surface area (Å²) in [4.78, 5) is 2.22. The molecule has 78 valence electrons. The highest BCUT2D eigenvalue weighted by atomic mass is 19.3. The van der Waals surface area contributed by atoms with Gasteiger partial charge in [0.05, 0.1) is 6.54 Å². The van der Waals surface area contributed by atoms with Crippen LogP contribution in [0.2, 0.25) is 0 Å². The van der Waals surface area contributed by atoms with Crippen molar-refractivity contribution in [3.05, 3.63) is 0 Å². The van der Waals surface area contributed by atoms with Crippen LogP contribution in [0.3, 0.4) is 0 Å². The average Bonchev–Trinajstić information content (AvgIpc) is 2.02. The van der Waals surface area contributed by atoms with Crippen molar-refractivity contribution in [3.63, 3.8) is 0 Å². The summed E-state index contributed by atoms with van der Waals surface area (Å²) in [5.41, 5.74) is 0. The van der Waals surface area contributed by atoms with E-state index in [0.29, 0.717) is 0 Å². The monoisotopic (exact) mass is 192 g/mol. The number of hydrogen-bond acceptors (Lipinski definition) is 2. The number of likely N-dealkylation sites (tertiary alicyclic amines) is 1. The van der Waals surface area contributed by atoms with Gasteiger partial charge in [0.15, 0.2) is 0 Å². The van der Waals surface area contributed by atoms with Gasteiger partial charge in [-0.2, -0.15) is 0 Å². The molecule has 0 saturated carbocycles. The first kappa shape index (κ1) is 10.9. The molecule has 1 N–H and O–H groups in total. The van der Waals surface area contributed by atoms with E-state index in [1.54, 1.807) is 0 Å². The number of nitrogens with one attached hydrogen (secondary N) is 1. The summed E-state index contributed by atoms with van der Waals surface area (Å²) in [6, 6.07) is 0.280. The first-order valence-electron chi connectivity index (χ1n) is 4.77. The molecule has 13 heavy (non-hydrogen) atoms. The summed E-state index contributed by atoms with van der Waals surface area (Å²) in [5, 5.41) is 2.91. The van der Waals surface area contributed by atoms with Crippen molar-refractivity contribution >= 4 is 0 Å². The minimum absolute atomic E-state index is 0.193. The Balaban J connectivity index is 2.16. The maximum absolute atomic E-state index is 12.5. The predicted octanol–water partition coefficient (Wildman–Crippen LogP) is 1.33. The number of nitrogens with zero attached hydrogens (tertiary/aromatic N) is 1. The molecule has 1 saturated heterocycles. The molecule has 1 rings (SSSR count). The van der Waals surface area contributed by atoms with Crippen molar-refractivity contribution in [2.24, 2.45) is 0 Å². The molecule has 0 aromatic carbocycles. The Bertz CT molecular complexity index is 148. The van der Waals surface area contributed by atoms with Gasteiger partial charge in [-0.15, -0.1) is 0 Å². The van der Waals surface area contributed by atoms with Crippen molar-refractivity contribution in [1.82, 2.24) is 10.2 Å². The predicted molar refractivity (Wildman–Crippen MR) is 49.1 cm³/mol. The Morgan fingerprint density at radius 3 is 2.38 bits per heavy atom. The molecule has 0 radical (unpaired) electrons. The summed E-state index contributed by atoms with van der Waals surface area (Å²) in [6.45, 7) is 2.77. The second-order valence-corrected chi connectivity index (χ2v) is 4.03. The minimum Gasteiger partial charge on any atom is -0.308 e. The summed E-state index contributed by atoms with van der Waals surface area (Å²) in [5.74, 6) is -2.58. The van der Waals surface area contributed by atoms with Gasteiger partial charge in [-0.3, -0.25) is 0 Å². The Kier molecular flexibility index (Phi) is 3.62. The Morgan fingerprint density at radius 1 is 1.38 bits per heavy atom. The SMILES string of the molecule is CN1CCC(NCC(C)(F)F)CC1. The Labute approximate surface area is 78.3 Å². The number of rotatable bonds is 3. The van der Waals surface area contributed by atoms with E-state index < -0.39 is 5.92 Å². The van der Waals surface area contributed by atoms with Crippen molar-refractivity contribution in [3.8, 4) is 0 Å². The summed E-state index contributed by atoms with van der Waals surface area (Å²) >= 11 is 0. The number of hydrogen-bond donors (Lipinski definition) is 1. The molecule has 0 spiro atoms. The minimum atomic E-state index is -2.58. The zero-order chi connectivity index (χ0) is 9.90. The molecule has 4 heteroatoms. The van der Waals surface area contributed by atoms with E-state index in [1.807, 2.05) is 0 Å². The smallest absolute Gasteiger partial charge is 0.257 e. The third kappa shape index (κ3) is 4.52. The van der Waals surface area contributed by atoms with E-state index in [9.17, 15) is 8.78 Å². The van der Waals surface area contributed by atoms with Crippen molar-refractivity contribution in [2.75, 3.05) is 26.7 Å². The van der Waals surface area contributed by atoms with Crippen LogP contribution in [0.5, 0.6) is 0 Å². The highest BCUT2D eigenvalue weighted by molar-refractivity contribution is 4.77. The fourth-order valence-corrected chi connectivity index (χ4v) is 1.54. The zero-order valence-corrected chi connectivity index (χ0v) is 8.32. The second kappa shape index (κ2) is 4.33. The van der Waals surface area contributed by atoms with E-state index in [2.05, 4.69) is 17.3 Å². The topological polar surface area (TPSA) is 15.3 Å². The van der Waals surface area contributed by atoms with Gasteiger partial charge in [0.2, 0.25) is 0 Å². The molecule has 2 nitrogen and oxygen atoms in total. The highest BCUT2D eigenvalue weighted by Crippen LogP contribution is 2.12. The molecule has 1 aliphatic rings. The van der Waals surface area contributed by atoms with Gasteiger partial charge in [0.25, 0.3) is 5.92 Å². The molecular weight excluding hydrogens is 174 g/mol. The molecule has 1 heterocycles. The lowest BCUT2D eigenvalue weighted by Gasteiger charge is -2.30. The van der Waals surface area contributed by atoms with Crippen LogP contribution in [0.15, 0.2) is 0 Å². The maximum atomic E-state index is 12.5. The number of alkyl halides is 2. The van der Waals surface area contributed by atoms with Gasteiger partial charge in [0, 0.05) is 13.0 Å². The van der Waals surface area contributed by atoms with Gasteiger partial charge >= 0.3 is 0 Å². The van der Waals surface area contributed by atoms with Crippen molar-refractivity contribution < 1.29 is 8.78 Å². The van der Waals surface area contributed by atoms with Gasteiger partial charge in [-0.05, 0) is 33.0 Å². The van der Waals surface area contributed by atoms with Crippen LogP contribution < -0.4 is 5.32 Å². The summed E-state index contributed by atoms with van der Waals surface area (Å²) < 4.78 is 25.0. The average molecular weight is 192 g/mol. The van der Waals surface area contributed by atoms with Crippen LogP contribution in [-0.4, -0.2) is 43.5 Å².